The highest BCUT2D eigenvalue weighted by Crippen LogP contribution is 2.15. The van der Waals surface area contributed by atoms with Crippen molar-refractivity contribution in [3.8, 4) is 0 Å². The summed E-state index contributed by atoms with van der Waals surface area (Å²) in [5.41, 5.74) is 10.3. The van der Waals surface area contributed by atoms with Gasteiger partial charge in [0.05, 0.1) is 13.1 Å². The van der Waals surface area contributed by atoms with E-state index in [4.69, 9.17) is 11.5 Å². The molecule has 0 aliphatic rings. The molecule has 19 heavy (non-hydrogen) atoms. The number of nitrogens with one attached hydrogen (secondary N) is 1. The Balaban J connectivity index is 3.12. The predicted molar refractivity (Wildman–Crippen MR) is 71.6 cm³/mol. The minimum atomic E-state index is -0.566. The third-order valence-electron chi connectivity index (χ3n) is 2.35. The van der Waals surface area contributed by atoms with E-state index in [0.717, 1.165) is 0 Å². The number of anilines is 2. The summed E-state index contributed by atoms with van der Waals surface area (Å²) in [6.45, 7) is 1.64. The Labute approximate surface area is 111 Å². The summed E-state index contributed by atoms with van der Waals surface area (Å²) < 4.78 is 0. The van der Waals surface area contributed by atoms with E-state index in [0.29, 0.717) is 23.9 Å². The lowest BCUT2D eigenvalue weighted by atomic mass is 10.3. The number of nitrogens with two attached hydrogens (primary N) is 2. The molecule has 104 valence electrons. The lowest BCUT2D eigenvalue weighted by Gasteiger charge is -2.21. The SMILES string of the molecule is CCc1nc(NC)cc(N(CC(N)=O)CC(N)=O)n1. The molecule has 1 heterocycles. The molecule has 5 N–H and O–H groups in total. The van der Waals surface area contributed by atoms with Crippen LogP contribution in [0.25, 0.3) is 0 Å². The first-order chi connectivity index (χ1) is 8.96. The number of carbonyl (C=O) groups excluding carboxylic acids is 2. The normalized spacial score (nSPS) is 10.0. The van der Waals surface area contributed by atoms with E-state index in [9.17, 15) is 9.59 Å². The maximum Gasteiger partial charge on any atom is 0.237 e. The van der Waals surface area contributed by atoms with Gasteiger partial charge in [0, 0.05) is 19.5 Å². The number of rotatable bonds is 7. The Kier molecular flexibility index (Phi) is 5.04. The van der Waals surface area contributed by atoms with Gasteiger partial charge < -0.3 is 21.7 Å². The van der Waals surface area contributed by atoms with Crippen LogP contribution in [-0.4, -0.2) is 41.9 Å². The Morgan fingerprint density at radius 2 is 1.84 bits per heavy atom. The van der Waals surface area contributed by atoms with Crippen LogP contribution in [0.4, 0.5) is 11.6 Å². The van der Waals surface area contributed by atoms with E-state index in [1.807, 2.05) is 6.92 Å². The number of aromatic nitrogens is 2. The highest BCUT2D eigenvalue weighted by atomic mass is 16.2. The van der Waals surface area contributed by atoms with Gasteiger partial charge in [-0.25, -0.2) is 9.97 Å². The number of carbonyl (C=O) groups is 2. The van der Waals surface area contributed by atoms with E-state index in [1.54, 1.807) is 13.1 Å². The highest BCUT2D eigenvalue weighted by molar-refractivity contribution is 5.84. The van der Waals surface area contributed by atoms with Crippen molar-refractivity contribution in [2.75, 3.05) is 30.4 Å². The molecule has 0 spiro atoms. The molecule has 8 heteroatoms. The minimum Gasteiger partial charge on any atom is -0.373 e. The van der Waals surface area contributed by atoms with E-state index in [2.05, 4.69) is 15.3 Å². The van der Waals surface area contributed by atoms with Crippen LogP contribution < -0.4 is 21.7 Å². The number of aryl methyl sites for hydroxylation is 1. The maximum atomic E-state index is 11.0. The topological polar surface area (TPSA) is 127 Å². The zero-order valence-electron chi connectivity index (χ0n) is 11.0. The van der Waals surface area contributed by atoms with Crippen LogP contribution in [0.3, 0.4) is 0 Å². The molecule has 0 saturated heterocycles. The van der Waals surface area contributed by atoms with Crippen molar-refractivity contribution in [3.05, 3.63) is 11.9 Å². The van der Waals surface area contributed by atoms with Crippen LogP contribution in [0.15, 0.2) is 6.07 Å². The first-order valence-corrected chi connectivity index (χ1v) is 5.83. The van der Waals surface area contributed by atoms with Crippen molar-refractivity contribution >= 4 is 23.5 Å². The summed E-state index contributed by atoms with van der Waals surface area (Å²) in [4.78, 5) is 32.0. The van der Waals surface area contributed by atoms with Gasteiger partial charge in [-0.1, -0.05) is 6.92 Å². The molecule has 0 saturated carbocycles. The first kappa shape index (κ1) is 14.7. The van der Waals surface area contributed by atoms with Crippen molar-refractivity contribution in [3.63, 3.8) is 0 Å². The monoisotopic (exact) mass is 266 g/mol. The fourth-order valence-corrected chi connectivity index (χ4v) is 1.53. The molecule has 0 radical (unpaired) electrons. The van der Waals surface area contributed by atoms with Crippen LogP contribution in [0.1, 0.15) is 12.7 Å². The smallest absolute Gasteiger partial charge is 0.237 e. The lowest BCUT2D eigenvalue weighted by molar-refractivity contribution is -0.117. The van der Waals surface area contributed by atoms with Crippen molar-refractivity contribution in [1.82, 2.24) is 9.97 Å². The Morgan fingerprint density at radius 3 is 2.26 bits per heavy atom. The Hall–Kier alpha value is -2.38. The molecule has 1 rings (SSSR count). The second-order valence-electron chi connectivity index (χ2n) is 3.92. The van der Waals surface area contributed by atoms with Crippen LogP contribution in [-0.2, 0) is 16.0 Å². The highest BCUT2D eigenvalue weighted by Gasteiger charge is 2.15. The van der Waals surface area contributed by atoms with Gasteiger partial charge in [0.2, 0.25) is 11.8 Å². The fourth-order valence-electron chi connectivity index (χ4n) is 1.53. The summed E-state index contributed by atoms with van der Waals surface area (Å²) in [5.74, 6) is 0.503. The largest absolute Gasteiger partial charge is 0.373 e. The van der Waals surface area contributed by atoms with Crippen LogP contribution >= 0.6 is 0 Å². The molecule has 0 aliphatic carbocycles. The second-order valence-corrected chi connectivity index (χ2v) is 3.92. The van der Waals surface area contributed by atoms with Gasteiger partial charge in [0.15, 0.2) is 0 Å². The van der Waals surface area contributed by atoms with Gasteiger partial charge in [-0.3, -0.25) is 9.59 Å². The number of primary amides is 2. The van der Waals surface area contributed by atoms with E-state index < -0.39 is 11.8 Å². The molecular weight excluding hydrogens is 248 g/mol. The van der Waals surface area contributed by atoms with Gasteiger partial charge in [0.1, 0.15) is 17.5 Å². The summed E-state index contributed by atoms with van der Waals surface area (Å²) in [6, 6.07) is 1.63. The molecule has 0 fully saturated rings. The first-order valence-electron chi connectivity index (χ1n) is 5.83. The molecule has 0 aromatic carbocycles. The van der Waals surface area contributed by atoms with Crippen LogP contribution in [0.5, 0.6) is 0 Å². The van der Waals surface area contributed by atoms with Crippen molar-refractivity contribution < 1.29 is 9.59 Å². The summed E-state index contributed by atoms with van der Waals surface area (Å²) in [6.07, 6.45) is 0.628. The summed E-state index contributed by atoms with van der Waals surface area (Å²) in [5, 5.41) is 2.89. The summed E-state index contributed by atoms with van der Waals surface area (Å²) in [7, 11) is 1.72. The molecule has 2 amide bonds. The van der Waals surface area contributed by atoms with Crippen molar-refractivity contribution in [1.29, 1.82) is 0 Å². The second kappa shape index (κ2) is 6.53. The van der Waals surface area contributed by atoms with Gasteiger partial charge in [0.25, 0.3) is 0 Å². The Morgan fingerprint density at radius 1 is 1.26 bits per heavy atom. The molecule has 0 atom stereocenters. The molecule has 1 aromatic rings. The zero-order valence-corrected chi connectivity index (χ0v) is 11.0. The van der Waals surface area contributed by atoms with Crippen LogP contribution in [0, 0.1) is 0 Å². The van der Waals surface area contributed by atoms with E-state index >= 15 is 0 Å². The van der Waals surface area contributed by atoms with Crippen molar-refractivity contribution in [2.24, 2.45) is 11.5 Å². The number of hydrogen-bond donors (Lipinski definition) is 3. The minimum absolute atomic E-state index is 0.133. The van der Waals surface area contributed by atoms with Gasteiger partial charge in [-0.15, -0.1) is 0 Å². The quantitative estimate of drug-likeness (QED) is 0.572. The number of amides is 2. The van der Waals surface area contributed by atoms with Crippen LogP contribution in [0.2, 0.25) is 0 Å². The van der Waals surface area contributed by atoms with Gasteiger partial charge in [-0.2, -0.15) is 0 Å². The molecule has 0 unspecified atom stereocenters. The van der Waals surface area contributed by atoms with E-state index in [-0.39, 0.29) is 13.1 Å². The third kappa shape index (κ3) is 4.41. The molecular formula is C11H18N6O2. The average Bonchev–Trinajstić information content (AvgIpc) is 2.36. The van der Waals surface area contributed by atoms with Gasteiger partial charge in [-0.05, 0) is 0 Å². The van der Waals surface area contributed by atoms with E-state index in [1.165, 1.54) is 4.90 Å². The number of hydrogen-bond acceptors (Lipinski definition) is 6. The average molecular weight is 266 g/mol. The molecule has 0 bridgehead atoms. The predicted octanol–water partition coefficient (Wildman–Crippen LogP) is -1.14. The van der Waals surface area contributed by atoms with Crippen molar-refractivity contribution in [2.45, 2.75) is 13.3 Å². The maximum absolute atomic E-state index is 11.0. The Bertz CT molecular complexity index is 438. The standard InChI is InChI=1S/C11H18N6O2/c1-3-9-15-10(14-2)4-11(16-9)17(5-7(12)18)6-8(13)19/h4H,3,5-6H2,1-2H3,(H2,12,18)(H2,13,19)(H,14,15,16). The fraction of sp³-hybridized carbons (Fsp3) is 0.455. The third-order valence-corrected chi connectivity index (χ3v) is 2.35. The lowest BCUT2D eigenvalue weighted by Crippen LogP contribution is -2.40. The summed E-state index contributed by atoms with van der Waals surface area (Å²) >= 11 is 0. The number of nitrogens with zero attached hydrogens (tertiary/aromatic N) is 3. The zero-order chi connectivity index (χ0) is 14.4. The molecule has 0 aliphatic heterocycles. The molecule has 1 aromatic heterocycles. The molecule has 8 nitrogen and oxygen atoms in total. The van der Waals surface area contributed by atoms with Gasteiger partial charge >= 0.3 is 0 Å².